The maximum atomic E-state index is 2.43. The summed E-state index contributed by atoms with van der Waals surface area (Å²) in [7, 11) is 0. The normalized spacial score (nSPS) is 16.4. The third kappa shape index (κ3) is 4.55. The van der Waals surface area contributed by atoms with Crippen LogP contribution in [0.15, 0.2) is 139 Å². The van der Waals surface area contributed by atoms with Gasteiger partial charge in [-0.25, -0.2) is 0 Å². The first-order chi connectivity index (χ1) is 20.7. The van der Waals surface area contributed by atoms with Crippen molar-refractivity contribution in [1.82, 2.24) is 0 Å². The molecule has 2 heterocycles. The molecule has 0 N–H and O–H groups in total. The Balaban J connectivity index is 1.23. The van der Waals surface area contributed by atoms with Crippen LogP contribution in [-0.4, -0.2) is 0 Å². The highest BCUT2D eigenvalue weighted by molar-refractivity contribution is 5.93. The van der Waals surface area contributed by atoms with E-state index in [0.29, 0.717) is 5.92 Å². The van der Waals surface area contributed by atoms with Crippen molar-refractivity contribution >= 4 is 46.7 Å². The monoisotopic (exact) mass is 542 g/mol. The molecule has 5 aromatic rings. The molecule has 0 saturated carbocycles. The lowest BCUT2D eigenvalue weighted by atomic mass is 9.99. The Kier molecular flexibility index (Phi) is 6.81. The zero-order valence-corrected chi connectivity index (χ0v) is 24.1. The van der Waals surface area contributed by atoms with Crippen molar-refractivity contribution in [3.63, 3.8) is 0 Å². The highest BCUT2D eigenvalue weighted by atomic mass is 15.2. The van der Waals surface area contributed by atoms with Gasteiger partial charge in [-0.05, 0) is 83.6 Å². The minimum Gasteiger partial charge on any atom is -0.313 e. The average molecular weight is 543 g/mol. The summed E-state index contributed by atoms with van der Waals surface area (Å²) in [6.45, 7) is 4.42. The van der Waals surface area contributed by atoms with Gasteiger partial charge < -0.3 is 9.80 Å². The predicted molar refractivity (Wildman–Crippen MR) is 181 cm³/mol. The van der Waals surface area contributed by atoms with Crippen LogP contribution in [0.5, 0.6) is 0 Å². The molecular formula is C40H34N2. The van der Waals surface area contributed by atoms with Gasteiger partial charge in [0.05, 0.1) is 17.1 Å². The van der Waals surface area contributed by atoms with E-state index < -0.39 is 0 Å². The SMILES string of the molecule is C/C=C1\C(CC)C=Cc2ccccc2N1c1ccc(-c2ccc(N3c4ccccc4C=Cc4ccccc43)cc2)cc1. The molecule has 1 atom stereocenters. The van der Waals surface area contributed by atoms with Crippen molar-refractivity contribution in [2.45, 2.75) is 20.3 Å². The van der Waals surface area contributed by atoms with Crippen molar-refractivity contribution in [2.24, 2.45) is 5.92 Å². The highest BCUT2D eigenvalue weighted by Gasteiger charge is 2.24. The largest absolute Gasteiger partial charge is 0.313 e. The summed E-state index contributed by atoms with van der Waals surface area (Å²) in [4.78, 5) is 4.80. The van der Waals surface area contributed by atoms with E-state index in [2.05, 4.69) is 175 Å². The van der Waals surface area contributed by atoms with Gasteiger partial charge in [0.25, 0.3) is 0 Å². The molecule has 0 bridgehead atoms. The van der Waals surface area contributed by atoms with Gasteiger partial charge in [0.2, 0.25) is 0 Å². The molecule has 0 spiro atoms. The van der Waals surface area contributed by atoms with Crippen LogP contribution in [0.2, 0.25) is 0 Å². The summed E-state index contributed by atoms with van der Waals surface area (Å²) in [5.74, 6) is 0.374. The molecule has 0 radical (unpaired) electrons. The summed E-state index contributed by atoms with van der Waals surface area (Å²) >= 11 is 0. The van der Waals surface area contributed by atoms with E-state index in [0.717, 1.165) is 12.1 Å². The maximum absolute atomic E-state index is 2.43. The molecule has 0 amide bonds. The van der Waals surface area contributed by atoms with Crippen molar-refractivity contribution in [3.8, 4) is 11.1 Å². The number of benzene rings is 5. The molecule has 2 nitrogen and oxygen atoms in total. The van der Waals surface area contributed by atoms with E-state index in [9.17, 15) is 0 Å². The van der Waals surface area contributed by atoms with Crippen LogP contribution in [-0.2, 0) is 0 Å². The Bertz CT molecular complexity index is 1770. The molecule has 0 fully saturated rings. The van der Waals surface area contributed by atoms with Gasteiger partial charge >= 0.3 is 0 Å². The average Bonchev–Trinajstić information content (AvgIpc) is 3.33. The second-order valence-corrected chi connectivity index (χ2v) is 10.9. The molecule has 204 valence electrons. The minimum absolute atomic E-state index is 0.374. The van der Waals surface area contributed by atoms with Crippen molar-refractivity contribution in [1.29, 1.82) is 0 Å². The van der Waals surface area contributed by atoms with Gasteiger partial charge in [-0.1, -0.05) is 116 Å². The number of anilines is 5. The summed E-state index contributed by atoms with van der Waals surface area (Å²) in [6.07, 6.45) is 12.4. The zero-order valence-electron chi connectivity index (χ0n) is 24.1. The molecule has 1 unspecified atom stereocenters. The van der Waals surface area contributed by atoms with Crippen molar-refractivity contribution in [2.75, 3.05) is 9.80 Å². The van der Waals surface area contributed by atoms with Crippen LogP contribution in [0, 0.1) is 5.92 Å². The molecule has 0 aliphatic carbocycles. The number of rotatable bonds is 4. The summed E-state index contributed by atoms with van der Waals surface area (Å²) in [6, 6.07) is 43.9. The third-order valence-corrected chi connectivity index (χ3v) is 8.44. The van der Waals surface area contributed by atoms with Crippen LogP contribution in [0.1, 0.15) is 37.0 Å². The van der Waals surface area contributed by atoms with Crippen molar-refractivity contribution in [3.05, 3.63) is 156 Å². The van der Waals surface area contributed by atoms with E-state index in [1.807, 2.05) is 0 Å². The van der Waals surface area contributed by atoms with E-state index in [1.54, 1.807) is 0 Å². The highest BCUT2D eigenvalue weighted by Crippen LogP contribution is 2.43. The second kappa shape index (κ2) is 11.1. The van der Waals surface area contributed by atoms with Crippen LogP contribution >= 0.6 is 0 Å². The lowest BCUT2D eigenvalue weighted by molar-refractivity contribution is 0.713. The van der Waals surface area contributed by atoms with E-state index in [-0.39, 0.29) is 0 Å². The van der Waals surface area contributed by atoms with Gasteiger partial charge in [-0.15, -0.1) is 0 Å². The first-order valence-electron chi connectivity index (χ1n) is 14.9. The van der Waals surface area contributed by atoms with Crippen LogP contribution < -0.4 is 9.80 Å². The van der Waals surface area contributed by atoms with Gasteiger partial charge in [-0.3, -0.25) is 0 Å². The smallest absolute Gasteiger partial charge is 0.0534 e. The molecule has 0 aromatic heterocycles. The summed E-state index contributed by atoms with van der Waals surface area (Å²) < 4.78 is 0. The van der Waals surface area contributed by atoms with Crippen molar-refractivity contribution < 1.29 is 0 Å². The molecule has 2 aliphatic rings. The van der Waals surface area contributed by atoms with Gasteiger partial charge in [0.15, 0.2) is 0 Å². The fourth-order valence-corrected chi connectivity index (χ4v) is 6.29. The lowest BCUT2D eigenvalue weighted by Crippen LogP contribution is -2.21. The predicted octanol–water partition coefficient (Wildman–Crippen LogP) is 11.4. The number of para-hydroxylation sites is 3. The molecule has 7 rings (SSSR count). The van der Waals surface area contributed by atoms with Gasteiger partial charge in [0, 0.05) is 23.0 Å². The second-order valence-electron chi connectivity index (χ2n) is 10.9. The first-order valence-corrected chi connectivity index (χ1v) is 14.9. The number of hydrogen-bond donors (Lipinski definition) is 0. The number of fused-ring (bicyclic) bond motifs is 3. The van der Waals surface area contributed by atoms with Gasteiger partial charge in [-0.2, -0.15) is 0 Å². The summed E-state index contributed by atoms with van der Waals surface area (Å²) in [5.41, 5.74) is 13.3. The number of nitrogens with zero attached hydrogens (tertiary/aromatic N) is 2. The molecule has 5 aromatic carbocycles. The Morgan fingerprint density at radius 1 is 0.524 bits per heavy atom. The molecule has 0 saturated heterocycles. The molecule has 2 aliphatic heterocycles. The fourth-order valence-electron chi connectivity index (χ4n) is 6.29. The maximum Gasteiger partial charge on any atom is 0.0534 e. The molecule has 42 heavy (non-hydrogen) atoms. The Hall–Kier alpha value is -5.08. The summed E-state index contributed by atoms with van der Waals surface area (Å²) in [5, 5.41) is 0. The molecular weight excluding hydrogens is 508 g/mol. The quantitative estimate of drug-likeness (QED) is 0.219. The third-order valence-electron chi connectivity index (χ3n) is 8.44. The Labute approximate surface area is 249 Å². The Morgan fingerprint density at radius 2 is 0.952 bits per heavy atom. The van der Waals surface area contributed by atoms with Crippen LogP contribution in [0.4, 0.5) is 28.4 Å². The minimum atomic E-state index is 0.374. The van der Waals surface area contributed by atoms with Crippen LogP contribution in [0.3, 0.4) is 0 Å². The Morgan fingerprint density at radius 3 is 1.43 bits per heavy atom. The number of allylic oxidation sites excluding steroid dienone is 2. The molecule has 2 heteroatoms. The van der Waals surface area contributed by atoms with E-state index in [1.165, 1.54) is 56.3 Å². The van der Waals surface area contributed by atoms with E-state index >= 15 is 0 Å². The fraction of sp³-hybridized carbons (Fsp3) is 0.100. The standard InChI is InChI=1S/C40H34N2/c1-3-29-17-18-32-11-5-8-14-38(32)41(37(29)4-2)35-25-21-30(22-26-35)31-23-27-36(28-24-31)42-39-15-9-6-12-33(39)19-20-34-13-7-10-16-40(34)42/h4-29H,3H2,1-2H3/b37-4+. The van der Waals surface area contributed by atoms with Gasteiger partial charge in [0.1, 0.15) is 0 Å². The zero-order chi connectivity index (χ0) is 28.5. The van der Waals surface area contributed by atoms with Crippen LogP contribution in [0.25, 0.3) is 29.4 Å². The first kappa shape index (κ1) is 25.9. The lowest BCUT2D eigenvalue weighted by Gasteiger charge is -2.31. The topological polar surface area (TPSA) is 6.48 Å². The number of hydrogen-bond acceptors (Lipinski definition) is 2. The van der Waals surface area contributed by atoms with E-state index in [4.69, 9.17) is 0 Å².